The van der Waals surface area contributed by atoms with E-state index in [4.69, 9.17) is 9.26 Å². The van der Waals surface area contributed by atoms with E-state index in [1.807, 2.05) is 30.3 Å². The van der Waals surface area contributed by atoms with Crippen molar-refractivity contribution < 1.29 is 27.2 Å². The van der Waals surface area contributed by atoms with Gasteiger partial charge in [-0.2, -0.15) is 18.2 Å². The van der Waals surface area contributed by atoms with Gasteiger partial charge in [-0.3, -0.25) is 4.79 Å². The van der Waals surface area contributed by atoms with Gasteiger partial charge in [-0.15, -0.1) is 11.8 Å². The van der Waals surface area contributed by atoms with Crippen molar-refractivity contribution in [2.45, 2.75) is 36.3 Å². The number of aromatic nitrogens is 2. The van der Waals surface area contributed by atoms with Crippen molar-refractivity contribution in [1.29, 1.82) is 0 Å². The summed E-state index contributed by atoms with van der Waals surface area (Å²) in [5.74, 6) is -0.478. The number of thioether (sulfide) groups is 1. The zero-order chi connectivity index (χ0) is 21.0. The number of carbonyl (C=O) groups is 1. The quantitative estimate of drug-likeness (QED) is 0.384. The van der Waals surface area contributed by atoms with Gasteiger partial charge in [-0.25, -0.2) is 0 Å². The zero-order valence-corrected chi connectivity index (χ0v) is 16.3. The maximum atomic E-state index is 12.9. The molecule has 29 heavy (non-hydrogen) atoms. The Labute approximate surface area is 169 Å². The molecular weight excluding hydrogens is 405 g/mol. The fourth-order valence-corrected chi connectivity index (χ4v) is 3.30. The Bertz CT molecular complexity index is 976. The molecular formula is C20H17F3N2O3S. The van der Waals surface area contributed by atoms with E-state index < -0.39 is 29.1 Å². The number of carbonyl (C=O) groups excluding carboxylic acids is 1. The van der Waals surface area contributed by atoms with E-state index in [-0.39, 0.29) is 17.3 Å². The summed E-state index contributed by atoms with van der Waals surface area (Å²) in [4.78, 5) is 17.3. The first-order valence-corrected chi connectivity index (χ1v) is 9.55. The summed E-state index contributed by atoms with van der Waals surface area (Å²) in [5, 5.41) is 3.23. The minimum atomic E-state index is -4.47. The minimum Gasteiger partial charge on any atom is -0.452 e. The van der Waals surface area contributed by atoms with Crippen LogP contribution in [0, 0.1) is 0 Å². The van der Waals surface area contributed by atoms with E-state index in [9.17, 15) is 18.0 Å². The van der Waals surface area contributed by atoms with Crippen molar-refractivity contribution in [1.82, 2.24) is 10.1 Å². The van der Waals surface area contributed by atoms with Crippen LogP contribution in [0.4, 0.5) is 13.2 Å². The molecule has 0 fully saturated rings. The number of benzene rings is 2. The largest absolute Gasteiger partial charge is 0.452 e. The van der Waals surface area contributed by atoms with Gasteiger partial charge in [0.15, 0.2) is 6.10 Å². The van der Waals surface area contributed by atoms with E-state index in [1.165, 1.54) is 23.9 Å². The topological polar surface area (TPSA) is 65.2 Å². The van der Waals surface area contributed by atoms with Gasteiger partial charge in [0.1, 0.15) is 5.25 Å². The standard InChI is InChI=1S/C20H17F3N2O3S/c1-12(27-19(26)13(2)29-16-9-4-3-5-10-16)18-24-17(25-28-18)14-7-6-8-15(11-14)20(21,22)23/h3-13H,1-2H3. The lowest BCUT2D eigenvalue weighted by atomic mass is 10.1. The van der Waals surface area contributed by atoms with Gasteiger partial charge in [0, 0.05) is 10.5 Å². The molecule has 0 saturated heterocycles. The van der Waals surface area contributed by atoms with E-state index >= 15 is 0 Å². The highest BCUT2D eigenvalue weighted by molar-refractivity contribution is 8.00. The molecule has 0 spiro atoms. The van der Waals surface area contributed by atoms with E-state index in [0.717, 1.165) is 17.0 Å². The second kappa shape index (κ2) is 8.69. The van der Waals surface area contributed by atoms with E-state index in [2.05, 4.69) is 10.1 Å². The Morgan fingerprint density at radius 3 is 2.52 bits per heavy atom. The SMILES string of the molecule is CC(Sc1ccccc1)C(=O)OC(C)c1nc(-c2cccc(C(F)(F)F)c2)no1. The molecule has 3 rings (SSSR count). The lowest BCUT2D eigenvalue weighted by molar-refractivity contribution is -0.148. The molecule has 3 aromatic rings. The van der Waals surface area contributed by atoms with Gasteiger partial charge < -0.3 is 9.26 Å². The second-order valence-corrected chi connectivity index (χ2v) is 7.60. The number of ether oxygens (including phenoxy) is 1. The number of hydrogen-bond donors (Lipinski definition) is 0. The smallest absolute Gasteiger partial charge is 0.416 e. The number of rotatable bonds is 6. The van der Waals surface area contributed by atoms with Crippen molar-refractivity contribution in [2.75, 3.05) is 0 Å². The molecule has 0 saturated carbocycles. The molecule has 5 nitrogen and oxygen atoms in total. The molecule has 0 aliphatic carbocycles. The number of nitrogens with zero attached hydrogens (tertiary/aromatic N) is 2. The number of hydrogen-bond acceptors (Lipinski definition) is 6. The predicted octanol–water partition coefficient (Wildman–Crippen LogP) is 5.54. The Kier molecular flexibility index (Phi) is 6.26. The molecule has 0 bridgehead atoms. The first kappa shape index (κ1) is 20.9. The molecule has 9 heteroatoms. The second-order valence-electron chi connectivity index (χ2n) is 6.19. The van der Waals surface area contributed by atoms with Crippen molar-refractivity contribution in [3.63, 3.8) is 0 Å². The van der Waals surface area contributed by atoms with Crippen molar-refractivity contribution in [3.05, 3.63) is 66.1 Å². The summed E-state index contributed by atoms with van der Waals surface area (Å²) in [5.41, 5.74) is -0.658. The number of halogens is 3. The third-order valence-corrected chi connectivity index (χ3v) is 5.01. The molecule has 2 atom stereocenters. The van der Waals surface area contributed by atoms with Gasteiger partial charge in [0.2, 0.25) is 5.82 Å². The summed E-state index contributed by atoms with van der Waals surface area (Å²) in [6.45, 7) is 3.27. The lowest BCUT2D eigenvalue weighted by Crippen LogP contribution is -2.19. The molecule has 0 amide bonds. The van der Waals surface area contributed by atoms with E-state index in [1.54, 1.807) is 13.8 Å². The predicted molar refractivity (Wildman–Crippen MR) is 101 cm³/mol. The van der Waals surface area contributed by atoms with Crippen LogP contribution in [0.25, 0.3) is 11.4 Å². The zero-order valence-electron chi connectivity index (χ0n) is 15.5. The van der Waals surface area contributed by atoms with Crippen LogP contribution in [0.2, 0.25) is 0 Å². The Morgan fingerprint density at radius 2 is 1.83 bits per heavy atom. The molecule has 1 aromatic heterocycles. The maximum Gasteiger partial charge on any atom is 0.416 e. The van der Waals surface area contributed by atoms with Crippen LogP contribution in [0.15, 0.2) is 64.0 Å². The number of alkyl halides is 3. The Hall–Kier alpha value is -2.81. The average Bonchev–Trinajstić information content (AvgIpc) is 3.18. The van der Waals surface area contributed by atoms with Crippen molar-refractivity contribution >= 4 is 17.7 Å². The summed E-state index contributed by atoms with van der Waals surface area (Å²) >= 11 is 1.35. The summed E-state index contributed by atoms with van der Waals surface area (Å²) in [6.07, 6.45) is -5.31. The monoisotopic (exact) mass is 422 g/mol. The minimum absolute atomic E-state index is 0.00247. The third kappa shape index (κ3) is 5.38. The Morgan fingerprint density at radius 1 is 1.10 bits per heavy atom. The van der Waals surface area contributed by atoms with Crippen LogP contribution in [0.1, 0.15) is 31.4 Å². The van der Waals surface area contributed by atoms with Crippen LogP contribution in [-0.4, -0.2) is 21.4 Å². The summed E-state index contributed by atoms with van der Waals surface area (Å²) in [6, 6.07) is 14.0. The van der Waals surface area contributed by atoms with Gasteiger partial charge in [-0.05, 0) is 38.1 Å². The maximum absolute atomic E-state index is 12.9. The van der Waals surface area contributed by atoms with Gasteiger partial charge >= 0.3 is 12.1 Å². The van der Waals surface area contributed by atoms with Crippen LogP contribution in [0.3, 0.4) is 0 Å². The summed E-state index contributed by atoms with van der Waals surface area (Å²) < 4.78 is 49.0. The van der Waals surface area contributed by atoms with Gasteiger partial charge in [0.25, 0.3) is 5.89 Å². The highest BCUT2D eigenvalue weighted by Gasteiger charge is 2.31. The first-order valence-electron chi connectivity index (χ1n) is 8.67. The average molecular weight is 422 g/mol. The molecule has 2 aromatic carbocycles. The first-order chi connectivity index (χ1) is 13.7. The third-order valence-electron chi connectivity index (χ3n) is 3.92. The van der Waals surface area contributed by atoms with Crippen LogP contribution in [-0.2, 0) is 15.7 Å². The highest BCUT2D eigenvalue weighted by Crippen LogP contribution is 2.32. The van der Waals surface area contributed by atoms with Gasteiger partial charge in [0.05, 0.1) is 5.56 Å². The molecule has 0 aliphatic heterocycles. The Balaban J connectivity index is 1.66. The molecule has 0 N–H and O–H groups in total. The fraction of sp³-hybridized carbons (Fsp3) is 0.250. The molecule has 0 radical (unpaired) electrons. The van der Waals surface area contributed by atoms with E-state index in [0.29, 0.717) is 0 Å². The van der Waals surface area contributed by atoms with Crippen LogP contribution >= 0.6 is 11.8 Å². The summed E-state index contributed by atoms with van der Waals surface area (Å²) in [7, 11) is 0. The van der Waals surface area contributed by atoms with Crippen molar-refractivity contribution in [3.8, 4) is 11.4 Å². The highest BCUT2D eigenvalue weighted by atomic mass is 32.2. The number of esters is 1. The van der Waals surface area contributed by atoms with Gasteiger partial charge in [-0.1, -0.05) is 35.5 Å². The molecule has 0 aliphatic rings. The fourth-order valence-electron chi connectivity index (χ4n) is 2.42. The molecule has 1 heterocycles. The van der Waals surface area contributed by atoms with Crippen LogP contribution < -0.4 is 0 Å². The molecule has 152 valence electrons. The molecule has 2 unspecified atom stereocenters. The van der Waals surface area contributed by atoms with Crippen LogP contribution in [0.5, 0.6) is 0 Å². The van der Waals surface area contributed by atoms with Crippen molar-refractivity contribution in [2.24, 2.45) is 0 Å². The lowest BCUT2D eigenvalue weighted by Gasteiger charge is -2.14. The normalized spacial score (nSPS) is 13.7.